The molecule has 16 heavy (non-hydrogen) atoms. The Balaban J connectivity index is 3.08. The van der Waals surface area contributed by atoms with E-state index in [2.05, 4.69) is 71.9 Å². The number of hydrogen-bond acceptors (Lipinski definition) is 0. The van der Waals surface area contributed by atoms with Crippen LogP contribution >= 0.6 is 0 Å². The van der Waals surface area contributed by atoms with Crippen LogP contribution in [0.3, 0.4) is 0 Å². The molecular weight excluding hydrogens is 208 g/mol. The summed E-state index contributed by atoms with van der Waals surface area (Å²) in [7, 11) is -0.407. The number of hydrogen-bond donors (Lipinski definition) is 0. The molecule has 0 aliphatic heterocycles. The average molecular weight is 233 g/mol. The summed E-state index contributed by atoms with van der Waals surface area (Å²) in [4.78, 5) is 0. The predicted octanol–water partition coefficient (Wildman–Crippen LogP) is 4.82. The molecule has 0 aliphatic carbocycles. The molecule has 1 aromatic carbocycles. The maximum atomic E-state index is 2.43. The third-order valence-electron chi connectivity index (χ3n) is 3.46. The Morgan fingerprint density at radius 2 is 1.31 bits per heavy atom. The zero-order chi connectivity index (χ0) is 12.3. The van der Waals surface area contributed by atoms with Gasteiger partial charge >= 0.3 is 0 Å². The van der Waals surface area contributed by atoms with Crippen LogP contribution in [-0.2, 0) is 5.04 Å². The maximum Gasteiger partial charge on any atom is 0.0650 e. The van der Waals surface area contributed by atoms with E-state index in [1.165, 1.54) is 5.56 Å². The molecular formula is C15H25Si. The molecule has 0 nitrogen and oxygen atoms in total. The zero-order valence-corrected chi connectivity index (χ0v) is 12.5. The molecule has 89 valence electrons. The first-order valence-corrected chi connectivity index (χ1v) is 7.95. The summed E-state index contributed by atoms with van der Waals surface area (Å²) in [6.07, 6.45) is 0. The van der Waals surface area contributed by atoms with Gasteiger partial charge in [0.2, 0.25) is 0 Å². The van der Waals surface area contributed by atoms with Crippen LogP contribution in [0.15, 0.2) is 30.3 Å². The molecule has 0 fully saturated rings. The highest BCUT2D eigenvalue weighted by Crippen LogP contribution is 2.37. The van der Waals surface area contributed by atoms with Gasteiger partial charge in [-0.1, -0.05) is 83.0 Å². The Morgan fingerprint density at radius 1 is 0.875 bits per heavy atom. The van der Waals surface area contributed by atoms with Crippen molar-refractivity contribution in [2.75, 3.05) is 0 Å². The molecule has 0 aromatic heterocycles. The van der Waals surface area contributed by atoms with Crippen LogP contribution in [0.25, 0.3) is 0 Å². The van der Waals surface area contributed by atoms with Gasteiger partial charge in [-0.3, -0.25) is 0 Å². The van der Waals surface area contributed by atoms with E-state index in [0.29, 0.717) is 5.04 Å². The second-order valence-corrected chi connectivity index (χ2v) is 10.2. The van der Waals surface area contributed by atoms with E-state index in [0.717, 1.165) is 11.1 Å². The van der Waals surface area contributed by atoms with Crippen LogP contribution in [-0.4, -0.2) is 8.80 Å². The quantitative estimate of drug-likeness (QED) is 0.654. The fourth-order valence-electron chi connectivity index (χ4n) is 3.13. The molecule has 0 N–H and O–H groups in total. The largest absolute Gasteiger partial charge is 0.0653 e. The van der Waals surface area contributed by atoms with Crippen LogP contribution < -0.4 is 0 Å². The molecule has 1 heteroatoms. The monoisotopic (exact) mass is 233 g/mol. The van der Waals surface area contributed by atoms with Crippen LogP contribution in [0.5, 0.6) is 0 Å². The van der Waals surface area contributed by atoms with E-state index in [9.17, 15) is 0 Å². The molecule has 1 aromatic rings. The minimum absolute atomic E-state index is 0.355. The van der Waals surface area contributed by atoms with Gasteiger partial charge < -0.3 is 0 Å². The Hall–Kier alpha value is -0.563. The summed E-state index contributed by atoms with van der Waals surface area (Å²) < 4.78 is 0. The lowest BCUT2D eigenvalue weighted by molar-refractivity contribution is 0.686. The molecule has 0 heterocycles. The molecule has 0 unspecified atom stereocenters. The Bertz CT molecular complexity index is 303. The molecule has 0 saturated carbocycles. The van der Waals surface area contributed by atoms with Gasteiger partial charge in [0.05, 0.1) is 8.80 Å². The summed E-state index contributed by atoms with van der Waals surface area (Å²) in [6, 6.07) is 11.0. The van der Waals surface area contributed by atoms with Crippen molar-refractivity contribution < 1.29 is 0 Å². The van der Waals surface area contributed by atoms with Gasteiger partial charge in [0.25, 0.3) is 0 Å². The van der Waals surface area contributed by atoms with Gasteiger partial charge in [-0.25, -0.2) is 0 Å². The van der Waals surface area contributed by atoms with Crippen LogP contribution in [0, 0.1) is 0 Å². The fraction of sp³-hybridized carbons (Fsp3) is 0.600. The van der Waals surface area contributed by atoms with Crippen molar-refractivity contribution in [3.63, 3.8) is 0 Å². The van der Waals surface area contributed by atoms with Gasteiger partial charge in [0.15, 0.2) is 0 Å². The van der Waals surface area contributed by atoms with Gasteiger partial charge in [-0.2, -0.15) is 0 Å². The maximum absolute atomic E-state index is 2.43. The summed E-state index contributed by atoms with van der Waals surface area (Å²) in [5.41, 5.74) is 3.15. The minimum atomic E-state index is -0.407. The molecule has 0 spiro atoms. The lowest BCUT2D eigenvalue weighted by Gasteiger charge is -2.39. The van der Waals surface area contributed by atoms with Gasteiger partial charge in [-0.05, 0) is 10.6 Å². The Morgan fingerprint density at radius 3 is 1.69 bits per heavy atom. The number of benzene rings is 1. The molecule has 0 atom stereocenters. The standard InChI is InChI=1S/C15H25Si/c1-12(2)16(13(3)4)15(5,6)14-10-8-7-9-11-14/h7-13H,1-6H3. The molecule has 0 saturated heterocycles. The smallest absolute Gasteiger partial charge is 0.0650 e. The lowest BCUT2D eigenvalue weighted by Crippen LogP contribution is -2.42. The Kier molecular flexibility index (Phi) is 4.37. The molecule has 0 amide bonds. The van der Waals surface area contributed by atoms with Crippen molar-refractivity contribution in [1.82, 2.24) is 0 Å². The van der Waals surface area contributed by atoms with Crippen LogP contribution in [0.2, 0.25) is 11.1 Å². The summed E-state index contributed by atoms with van der Waals surface area (Å²) in [5, 5.41) is 0.355. The van der Waals surface area contributed by atoms with Crippen molar-refractivity contribution in [2.24, 2.45) is 0 Å². The van der Waals surface area contributed by atoms with E-state index < -0.39 is 8.80 Å². The highest BCUT2D eigenvalue weighted by atomic mass is 28.3. The van der Waals surface area contributed by atoms with Gasteiger partial charge in [-0.15, -0.1) is 0 Å². The van der Waals surface area contributed by atoms with Gasteiger partial charge in [0, 0.05) is 0 Å². The molecule has 0 bridgehead atoms. The van der Waals surface area contributed by atoms with Crippen molar-refractivity contribution in [3.8, 4) is 0 Å². The Labute approximate surface area is 103 Å². The van der Waals surface area contributed by atoms with E-state index in [1.807, 2.05) is 0 Å². The fourth-order valence-corrected chi connectivity index (χ4v) is 7.85. The first-order valence-electron chi connectivity index (χ1n) is 6.30. The average Bonchev–Trinajstić information content (AvgIpc) is 2.17. The van der Waals surface area contributed by atoms with Crippen molar-refractivity contribution >= 4 is 8.80 Å². The third kappa shape index (κ3) is 2.76. The van der Waals surface area contributed by atoms with Crippen LogP contribution in [0.4, 0.5) is 0 Å². The van der Waals surface area contributed by atoms with E-state index in [-0.39, 0.29) is 0 Å². The van der Waals surface area contributed by atoms with Gasteiger partial charge in [0.1, 0.15) is 0 Å². The molecule has 0 aliphatic rings. The van der Waals surface area contributed by atoms with Crippen molar-refractivity contribution in [3.05, 3.63) is 35.9 Å². The highest BCUT2D eigenvalue weighted by Gasteiger charge is 2.36. The van der Waals surface area contributed by atoms with E-state index in [1.54, 1.807) is 0 Å². The van der Waals surface area contributed by atoms with Crippen LogP contribution in [0.1, 0.15) is 47.1 Å². The molecule has 1 rings (SSSR count). The first-order chi connectivity index (χ1) is 7.37. The summed E-state index contributed by atoms with van der Waals surface area (Å²) in [5.74, 6) is 0. The third-order valence-corrected chi connectivity index (χ3v) is 7.68. The number of rotatable bonds is 4. The SMILES string of the molecule is CC(C)[Si](C(C)C)C(C)(C)c1ccccc1. The van der Waals surface area contributed by atoms with E-state index in [4.69, 9.17) is 0 Å². The highest BCUT2D eigenvalue weighted by molar-refractivity contribution is 6.64. The van der Waals surface area contributed by atoms with E-state index >= 15 is 0 Å². The normalized spacial score (nSPS) is 12.8. The summed E-state index contributed by atoms with van der Waals surface area (Å²) in [6.45, 7) is 14.4. The van der Waals surface area contributed by atoms with Crippen molar-refractivity contribution in [1.29, 1.82) is 0 Å². The first kappa shape index (κ1) is 13.5. The summed E-state index contributed by atoms with van der Waals surface area (Å²) >= 11 is 0. The lowest BCUT2D eigenvalue weighted by atomic mass is 10.0. The van der Waals surface area contributed by atoms with Crippen molar-refractivity contribution in [2.45, 2.75) is 57.7 Å². The minimum Gasteiger partial charge on any atom is -0.0653 e. The topological polar surface area (TPSA) is 0 Å². The second kappa shape index (κ2) is 5.18. The predicted molar refractivity (Wildman–Crippen MR) is 75.4 cm³/mol. The second-order valence-electron chi connectivity index (χ2n) is 5.76. The zero-order valence-electron chi connectivity index (χ0n) is 11.5. The molecule has 1 radical (unpaired) electrons.